The Morgan fingerprint density at radius 2 is 1.93 bits per heavy atom. The highest BCUT2D eigenvalue weighted by Gasteiger charge is 2.28. The van der Waals surface area contributed by atoms with Crippen LogP contribution < -0.4 is 10.2 Å². The number of imidazole rings is 1. The number of piperidine rings is 1. The Morgan fingerprint density at radius 3 is 2.55 bits per heavy atom. The van der Waals surface area contributed by atoms with Gasteiger partial charge in [-0.15, -0.1) is 11.3 Å². The largest absolute Gasteiger partial charge is 0.394 e. The lowest BCUT2D eigenvalue weighted by Crippen LogP contribution is -2.50. The van der Waals surface area contributed by atoms with Crippen molar-refractivity contribution in [3.8, 4) is 17.3 Å². The minimum absolute atomic E-state index is 0.0668. The molecule has 1 aliphatic rings. The number of hydrogen-bond acceptors (Lipinski definition) is 9. The van der Waals surface area contributed by atoms with Gasteiger partial charge >= 0.3 is 0 Å². The average molecular weight is 610 g/mol. The number of anilines is 2. The van der Waals surface area contributed by atoms with Gasteiger partial charge in [0, 0.05) is 23.2 Å². The van der Waals surface area contributed by atoms with Crippen molar-refractivity contribution in [2.24, 2.45) is 0 Å². The maximum Gasteiger partial charge on any atom is 0.234 e. The van der Waals surface area contributed by atoms with Crippen LogP contribution in [0.25, 0.3) is 16.2 Å². The third-order valence-corrected chi connectivity index (χ3v) is 9.72. The number of thiazole rings is 2. The number of carbonyl (C=O) groups is 1. The van der Waals surface area contributed by atoms with Crippen molar-refractivity contribution in [2.45, 2.75) is 58.4 Å². The maximum atomic E-state index is 13.5. The molecule has 42 heavy (non-hydrogen) atoms. The van der Waals surface area contributed by atoms with Crippen LogP contribution in [0.1, 0.15) is 61.9 Å². The number of hydrogen-bond donors (Lipinski definition) is 2. The topological polar surface area (TPSA) is 110 Å². The zero-order chi connectivity index (χ0) is 30.0. The van der Waals surface area contributed by atoms with Crippen LogP contribution in [0.5, 0.6) is 0 Å². The van der Waals surface area contributed by atoms with Gasteiger partial charge < -0.3 is 15.3 Å². The second kappa shape index (κ2) is 12.5. The smallest absolute Gasteiger partial charge is 0.234 e. The predicted molar refractivity (Wildman–Crippen MR) is 165 cm³/mol. The van der Waals surface area contributed by atoms with Crippen molar-refractivity contribution >= 4 is 44.5 Å². The van der Waals surface area contributed by atoms with Crippen LogP contribution in [0.3, 0.4) is 0 Å². The number of nitrogens with one attached hydrogen (secondary N) is 1. The van der Waals surface area contributed by atoms with Gasteiger partial charge in [0.1, 0.15) is 28.3 Å². The molecule has 1 aliphatic heterocycles. The zero-order valence-corrected chi connectivity index (χ0v) is 26.0. The lowest BCUT2D eigenvalue weighted by Gasteiger charge is -2.32. The van der Waals surface area contributed by atoms with E-state index in [1.165, 1.54) is 28.3 Å². The minimum atomic E-state index is -0.625. The number of likely N-dealkylation sites (tertiary alicyclic amines) is 1. The zero-order valence-electron chi connectivity index (χ0n) is 24.4. The van der Waals surface area contributed by atoms with E-state index in [9.17, 15) is 19.6 Å². The number of rotatable bonds is 10. The number of fused-ring (bicyclic) bond motifs is 1. The van der Waals surface area contributed by atoms with Crippen molar-refractivity contribution < 1.29 is 14.3 Å². The number of benzene rings is 1. The Kier molecular flexibility index (Phi) is 8.94. The normalized spacial score (nSPS) is 14.8. The van der Waals surface area contributed by atoms with E-state index in [4.69, 9.17) is 9.97 Å². The molecule has 0 radical (unpaired) electrons. The number of nitriles is 1. The Morgan fingerprint density at radius 1 is 1.21 bits per heavy atom. The summed E-state index contributed by atoms with van der Waals surface area (Å²) >= 11 is 3.04. The highest BCUT2D eigenvalue weighted by Crippen LogP contribution is 2.40. The lowest BCUT2D eigenvalue weighted by atomic mass is 9.95. The first kappa shape index (κ1) is 30.1. The molecular weight excluding hydrogens is 574 g/mol. The van der Waals surface area contributed by atoms with Crippen LogP contribution in [-0.4, -0.2) is 68.6 Å². The molecule has 222 valence electrons. The number of aliphatic hydroxyl groups excluding tert-OH is 1. The number of aromatic nitrogens is 3. The molecule has 1 amide bonds. The van der Waals surface area contributed by atoms with Gasteiger partial charge in [0.15, 0.2) is 10.1 Å². The van der Waals surface area contributed by atoms with Crippen LogP contribution >= 0.6 is 22.7 Å². The summed E-state index contributed by atoms with van der Waals surface area (Å²) in [6.07, 6.45) is 4.85. The molecule has 5 rings (SSSR count). The number of nitrogens with zero attached hydrogens (tertiary/aromatic N) is 6. The van der Waals surface area contributed by atoms with Gasteiger partial charge in [0.25, 0.3) is 0 Å². The highest BCUT2D eigenvalue weighted by atomic mass is 32.1. The quantitative estimate of drug-likeness (QED) is 0.251. The van der Waals surface area contributed by atoms with Crippen molar-refractivity contribution in [1.29, 1.82) is 5.26 Å². The standard InChI is InChI=1S/C30H36FN7O2S2/c1-5-22-27(37(6-2)29-34-26(23(15-32)41-29)20-7-9-21(31)10-8-20)38-16-24(42-28(38)33-22)19-11-13-36(14-12-19)17-25(40)35-30(3,4)18-39/h7-10,16,19,39H,5-6,11-14,17-18H2,1-4H3,(H,35,40). The monoisotopic (exact) mass is 609 g/mol. The minimum Gasteiger partial charge on any atom is -0.394 e. The first-order valence-corrected chi connectivity index (χ1v) is 15.9. The SMILES string of the molecule is CCc1nc2sc(C3CCN(CC(=O)NC(C)(C)CO)CC3)cn2c1N(CC)c1nc(-c2ccc(F)cc2)c(C#N)s1. The molecule has 0 bridgehead atoms. The van der Waals surface area contributed by atoms with E-state index in [1.807, 2.05) is 13.8 Å². The Hall–Kier alpha value is -3.37. The van der Waals surface area contributed by atoms with Crippen LogP contribution in [0, 0.1) is 17.1 Å². The molecule has 2 N–H and O–H groups in total. The van der Waals surface area contributed by atoms with Crippen molar-refractivity contribution in [1.82, 2.24) is 24.6 Å². The molecule has 1 aromatic carbocycles. The molecule has 0 saturated carbocycles. The first-order valence-electron chi connectivity index (χ1n) is 14.3. The molecule has 1 fully saturated rings. The molecule has 0 atom stereocenters. The Labute approximate surface area is 253 Å². The van der Waals surface area contributed by atoms with Gasteiger partial charge in [-0.25, -0.2) is 14.4 Å². The van der Waals surface area contributed by atoms with Crippen molar-refractivity contribution in [3.05, 3.63) is 51.7 Å². The fourth-order valence-corrected chi connectivity index (χ4v) is 7.44. The van der Waals surface area contributed by atoms with Gasteiger partial charge in [-0.3, -0.25) is 14.1 Å². The van der Waals surface area contributed by atoms with Gasteiger partial charge in [0.2, 0.25) is 5.91 Å². The third kappa shape index (κ3) is 6.20. The molecule has 3 aromatic heterocycles. The Bertz CT molecular complexity index is 1590. The number of halogens is 1. The second-order valence-electron chi connectivity index (χ2n) is 11.2. The van der Waals surface area contributed by atoms with Crippen LogP contribution in [0.15, 0.2) is 30.5 Å². The molecule has 4 aromatic rings. The van der Waals surface area contributed by atoms with E-state index in [0.717, 1.165) is 48.8 Å². The predicted octanol–water partition coefficient (Wildman–Crippen LogP) is 5.32. The number of carbonyl (C=O) groups excluding carboxylic acids is 1. The average Bonchev–Trinajstić information content (AvgIpc) is 3.68. The Balaban J connectivity index is 1.37. The van der Waals surface area contributed by atoms with E-state index in [-0.39, 0.29) is 18.3 Å². The van der Waals surface area contributed by atoms with Gasteiger partial charge in [-0.1, -0.05) is 18.3 Å². The van der Waals surface area contributed by atoms with Crippen LogP contribution in [-0.2, 0) is 11.2 Å². The van der Waals surface area contributed by atoms with E-state index in [0.29, 0.717) is 40.3 Å². The van der Waals surface area contributed by atoms with Crippen molar-refractivity contribution in [3.63, 3.8) is 0 Å². The maximum absolute atomic E-state index is 13.5. The molecule has 4 heterocycles. The van der Waals surface area contributed by atoms with Crippen LogP contribution in [0.2, 0.25) is 0 Å². The van der Waals surface area contributed by atoms with E-state index in [1.54, 1.807) is 23.5 Å². The summed E-state index contributed by atoms with van der Waals surface area (Å²) in [5.74, 6) is 0.946. The molecular formula is C30H36FN7O2S2. The van der Waals surface area contributed by atoms with Gasteiger partial charge in [-0.2, -0.15) is 5.26 Å². The summed E-state index contributed by atoms with van der Waals surface area (Å²) in [5, 5.41) is 22.9. The second-order valence-corrected chi connectivity index (χ2v) is 13.2. The summed E-state index contributed by atoms with van der Waals surface area (Å²) in [6.45, 7) is 10.3. The summed E-state index contributed by atoms with van der Waals surface area (Å²) in [7, 11) is 0. The molecule has 0 spiro atoms. The van der Waals surface area contributed by atoms with E-state index in [2.05, 4.69) is 45.6 Å². The summed E-state index contributed by atoms with van der Waals surface area (Å²) in [5.41, 5.74) is 1.61. The van der Waals surface area contributed by atoms with E-state index < -0.39 is 5.54 Å². The number of amides is 1. The fourth-order valence-electron chi connectivity index (χ4n) is 5.32. The van der Waals surface area contributed by atoms with Crippen molar-refractivity contribution in [2.75, 3.05) is 37.7 Å². The summed E-state index contributed by atoms with van der Waals surface area (Å²) in [4.78, 5) is 29.3. The lowest BCUT2D eigenvalue weighted by molar-refractivity contribution is -0.124. The number of aryl methyl sites for hydroxylation is 1. The number of aliphatic hydroxyl groups is 1. The van der Waals surface area contributed by atoms with Crippen LogP contribution in [0.4, 0.5) is 15.3 Å². The summed E-state index contributed by atoms with van der Waals surface area (Å²) in [6, 6.07) is 8.34. The molecule has 12 heteroatoms. The van der Waals surface area contributed by atoms with Gasteiger partial charge in [-0.05, 0) is 83.3 Å². The van der Waals surface area contributed by atoms with E-state index >= 15 is 0 Å². The summed E-state index contributed by atoms with van der Waals surface area (Å²) < 4.78 is 15.7. The molecule has 0 unspecified atom stereocenters. The van der Waals surface area contributed by atoms with Gasteiger partial charge in [0.05, 0.1) is 24.4 Å². The molecule has 1 saturated heterocycles. The molecule has 9 nitrogen and oxygen atoms in total. The first-order chi connectivity index (χ1) is 20.2. The highest BCUT2D eigenvalue weighted by molar-refractivity contribution is 7.17. The molecule has 0 aliphatic carbocycles. The fraction of sp³-hybridized carbons (Fsp3) is 0.467. The third-order valence-electron chi connectivity index (χ3n) is 7.59.